The van der Waals surface area contributed by atoms with Crippen LogP contribution in [-0.4, -0.2) is 29.0 Å². The van der Waals surface area contributed by atoms with Crippen molar-refractivity contribution in [3.05, 3.63) is 39.0 Å². The summed E-state index contributed by atoms with van der Waals surface area (Å²) < 4.78 is 11.5. The van der Waals surface area contributed by atoms with Crippen molar-refractivity contribution in [2.45, 2.75) is 11.3 Å². The molecule has 0 saturated carbocycles. The van der Waals surface area contributed by atoms with Crippen molar-refractivity contribution in [2.75, 3.05) is 18.2 Å². The Balaban J connectivity index is 1.49. The summed E-state index contributed by atoms with van der Waals surface area (Å²) in [7, 11) is 1.62. The Hall–Kier alpha value is -1.74. The molecular formula is C16H13Cl2N3O3S2. The average molecular weight is 430 g/mol. The molecule has 26 heavy (non-hydrogen) atoms. The summed E-state index contributed by atoms with van der Waals surface area (Å²) in [6.07, 6.45) is 0.305. The van der Waals surface area contributed by atoms with E-state index in [1.807, 2.05) is 24.3 Å². The molecule has 0 aliphatic carbocycles. The molecule has 6 nitrogen and oxygen atoms in total. The maximum absolute atomic E-state index is 12.0. The fourth-order valence-electron chi connectivity index (χ4n) is 1.98. The van der Waals surface area contributed by atoms with Crippen LogP contribution in [-0.2, 0) is 4.79 Å². The number of amides is 1. The van der Waals surface area contributed by atoms with E-state index >= 15 is 0 Å². The summed E-state index contributed by atoms with van der Waals surface area (Å²) in [6, 6.07) is 9.31. The van der Waals surface area contributed by atoms with Gasteiger partial charge in [-0.2, -0.15) is 0 Å². The zero-order chi connectivity index (χ0) is 18.5. The predicted molar refractivity (Wildman–Crippen MR) is 105 cm³/mol. The van der Waals surface area contributed by atoms with Crippen LogP contribution in [0.15, 0.2) is 39.6 Å². The van der Waals surface area contributed by atoms with Gasteiger partial charge in [-0.1, -0.05) is 28.3 Å². The first-order valence-electron chi connectivity index (χ1n) is 7.40. The van der Waals surface area contributed by atoms with Gasteiger partial charge in [0.2, 0.25) is 5.91 Å². The van der Waals surface area contributed by atoms with Gasteiger partial charge in [-0.25, -0.2) is 0 Å². The number of rotatable bonds is 7. The molecule has 0 fully saturated rings. The summed E-state index contributed by atoms with van der Waals surface area (Å²) in [4.78, 5) is 13.1. The van der Waals surface area contributed by atoms with E-state index in [9.17, 15) is 4.79 Å². The molecule has 0 aliphatic heterocycles. The van der Waals surface area contributed by atoms with Crippen LogP contribution >= 0.6 is 46.3 Å². The zero-order valence-electron chi connectivity index (χ0n) is 13.5. The Labute approximate surface area is 167 Å². The lowest BCUT2D eigenvalue weighted by Gasteiger charge is -2.03. The van der Waals surface area contributed by atoms with Crippen LogP contribution in [0.2, 0.25) is 8.67 Å². The molecule has 10 heteroatoms. The molecule has 0 aliphatic rings. The van der Waals surface area contributed by atoms with Crippen molar-refractivity contribution in [3.8, 4) is 17.2 Å². The number of halogens is 2. The maximum Gasteiger partial charge on any atom is 0.322 e. The van der Waals surface area contributed by atoms with E-state index in [1.165, 1.54) is 11.3 Å². The van der Waals surface area contributed by atoms with Crippen molar-refractivity contribution < 1.29 is 13.9 Å². The SMILES string of the molecule is COc1ccc(SCCC(=O)Nc2nnc(-c3cc(Cl)sc3Cl)o2)cc1. The first-order valence-corrected chi connectivity index (χ1v) is 9.96. The number of hydrogen-bond donors (Lipinski definition) is 1. The minimum Gasteiger partial charge on any atom is -0.497 e. The van der Waals surface area contributed by atoms with Crippen molar-refractivity contribution in [2.24, 2.45) is 0 Å². The van der Waals surface area contributed by atoms with Crippen LogP contribution in [0, 0.1) is 0 Å². The number of thioether (sulfide) groups is 1. The molecule has 1 amide bonds. The first-order chi connectivity index (χ1) is 12.5. The molecule has 2 heterocycles. The Morgan fingerprint density at radius 3 is 2.73 bits per heavy atom. The van der Waals surface area contributed by atoms with Crippen LogP contribution in [0.1, 0.15) is 6.42 Å². The van der Waals surface area contributed by atoms with Gasteiger partial charge < -0.3 is 9.15 Å². The third-order valence-corrected chi connectivity index (χ3v) is 5.72. The van der Waals surface area contributed by atoms with Crippen molar-refractivity contribution in [1.82, 2.24) is 10.2 Å². The molecule has 0 saturated heterocycles. The second-order valence-electron chi connectivity index (χ2n) is 4.97. The molecule has 0 bridgehead atoms. The summed E-state index contributed by atoms with van der Waals surface area (Å²) >= 11 is 14.7. The third kappa shape index (κ3) is 4.91. The smallest absolute Gasteiger partial charge is 0.322 e. The third-order valence-electron chi connectivity index (χ3n) is 3.22. The number of nitrogens with zero attached hydrogens (tertiary/aromatic N) is 2. The molecule has 3 rings (SSSR count). The molecule has 0 spiro atoms. The van der Waals surface area contributed by atoms with Gasteiger partial charge in [0.05, 0.1) is 17.0 Å². The lowest BCUT2D eigenvalue weighted by Crippen LogP contribution is -2.12. The van der Waals surface area contributed by atoms with Gasteiger partial charge in [-0.3, -0.25) is 10.1 Å². The van der Waals surface area contributed by atoms with E-state index in [0.29, 0.717) is 26.4 Å². The zero-order valence-corrected chi connectivity index (χ0v) is 16.6. The Morgan fingerprint density at radius 2 is 2.08 bits per heavy atom. The highest BCUT2D eigenvalue weighted by Crippen LogP contribution is 2.37. The highest BCUT2D eigenvalue weighted by atomic mass is 35.5. The van der Waals surface area contributed by atoms with Crippen LogP contribution in [0.3, 0.4) is 0 Å². The molecule has 0 radical (unpaired) electrons. The van der Waals surface area contributed by atoms with Gasteiger partial charge in [0.1, 0.15) is 10.1 Å². The highest BCUT2D eigenvalue weighted by Gasteiger charge is 2.16. The van der Waals surface area contributed by atoms with Crippen molar-refractivity contribution in [1.29, 1.82) is 0 Å². The quantitative estimate of drug-likeness (QED) is 0.517. The lowest BCUT2D eigenvalue weighted by atomic mass is 10.3. The largest absolute Gasteiger partial charge is 0.497 e. The molecule has 1 N–H and O–H groups in total. The molecular weight excluding hydrogens is 417 g/mol. The minimum atomic E-state index is -0.212. The molecule has 3 aromatic rings. The summed E-state index contributed by atoms with van der Waals surface area (Å²) in [5.41, 5.74) is 0.546. The van der Waals surface area contributed by atoms with Crippen LogP contribution in [0.25, 0.3) is 11.5 Å². The second-order valence-corrected chi connectivity index (χ2v) is 8.43. The van der Waals surface area contributed by atoms with Gasteiger partial charge in [-0.05, 0) is 30.3 Å². The fourth-order valence-corrected chi connectivity index (χ4v) is 4.28. The predicted octanol–water partition coefficient (Wildman–Crippen LogP) is 5.23. The Morgan fingerprint density at radius 1 is 1.31 bits per heavy atom. The van der Waals surface area contributed by atoms with Crippen LogP contribution in [0.5, 0.6) is 5.75 Å². The van der Waals surface area contributed by atoms with Crippen molar-refractivity contribution in [3.63, 3.8) is 0 Å². The topological polar surface area (TPSA) is 77.2 Å². The van der Waals surface area contributed by atoms with E-state index in [-0.39, 0.29) is 17.8 Å². The number of carbonyl (C=O) groups excluding carboxylic acids is 1. The Kier molecular flexibility index (Phi) is 6.42. The molecule has 1 aromatic carbocycles. The number of methoxy groups -OCH3 is 1. The summed E-state index contributed by atoms with van der Waals surface area (Å²) in [6.45, 7) is 0. The van der Waals surface area contributed by atoms with Gasteiger partial charge >= 0.3 is 6.01 Å². The highest BCUT2D eigenvalue weighted by molar-refractivity contribution is 7.99. The fraction of sp³-hybridized carbons (Fsp3) is 0.188. The number of ether oxygens (including phenoxy) is 1. The van der Waals surface area contributed by atoms with E-state index in [2.05, 4.69) is 15.5 Å². The number of carbonyl (C=O) groups is 1. The van der Waals surface area contributed by atoms with E-state index in [1.54, 1.807) is 24.9 Å². The van der Waals surface area contributed by atoms with Gasteiger partial charge in [0.15, 0.2) is 0 Å². The standard InChI is InChI=1S/C16H13Cl2N3O3S2/c1-23-9-2-4-10(5-3-9)25-7-6-13(22)19-16-21-20-15(24-16)11-8-12(17)26-14(11)18/h2-5,8H,6-7H2,1H3,(H,19,21,22). The van der Waals surface area contributed by atoms with E-state index < -0.39 is 0 Å². The monoisotopic (exact) mass is 429 g/mol. The van der Waals surface area contributed by atoms with Gasteiger partial charge in [0, 0.05) is 17.1 Å². The van der Waals surface area contributed by atoms with E-state index in [0.717, 1.165) is 10.6 Å². The Bertz CT molecular complexity index is 897. The normalized spacial score (nSPS) is 10.7. The number of benzene rings is 1. The molecule has 136 valence electrons. The first kappa shape index (κ1) is 19.0. The minimum absolute atomic E-state index is 0.0258. The average Bonchev–Trinajstić information content (AvgIpc) is 3.21. The number of anilines is 1. The molecule has 0 unspecified atom stereocenters. The summed E-state index contributed by atoms with van der Waals surface area (Å²) in [5, 5.41) is 10.3. The van der Waals surface area contributed by atoms with Gasteiger partial charge in [-0.15, -0.1) is 28.2 Å². The number of nitrogens with one attached hydrogen (secondary N) is 1. The van der Waals surface area contributed by atoms with Gasteiger partial charge in [0.25, 0.3) is 5.89 Å². The van der Waals surface area contributed by atoms with Crippen LogP contribution in [0.4, 0.5) is 6.01 Å². The molecule has 2 aromatic heterocycles. The number of thiophene rings is 1. The maximum atomic E-state index is 12.0. The lowest BCUT2D eigenvalue weighted by molar-refractivity contribution is -0.115. The number of aromatic nitrogens is 2. The summed E-state index contributed by atoms with van der Waals surface area (Å²) in [5.74, 6) is 1.41. The molecule has 0 atom stereocenters. The van der Waals surface area contributed by atoms with E-state index in [4.69, 9.17) is 32.4 Å². The van der Waals surface area contributed by atoms with Crippen molar-refractivity contribution >= 4 is 58.2 Å². The second kappa shape index (κ2) is 8.77. The van der Waals surface area contributed by atoms with Crippen LogP contribution < -0.4 is 10.1 Å². The number of hydrogen-bond acceptors (Lipinski definition) is 7.